The SMILES string of the molecule is O=c1[nH]c(N2CCCCC2)nc2c1CCN(CC1CCC=CO1)C2. The van der Waals surface area contributed by atoms with E-state index >= 15 is 0 Å². The van der Waals surface area contributed by atoms with E-state index in [4.69, 9.17) is 9.72 Å². The maximum absolute atomic E-state index is 12.4. The molecule has 1 fully saturated rings. The fourth-order valence-electron chi connectivity index (χ4n) is 3.90. The summed E-state index contributed by atoms with van der Waals surface area (Å²) >= 11 is 0. The molecule has 0 spiro atoms. The molecule has 4 rings (SSSR count). The summed E-state index contributed by atoms with van der Waals surface area (Å²) in [5, 5.41) is 0. The Kier molecular flexibility index (Phi) is 4.56. The van der Waals surface area contributed by atoms with Gasteiger partial charge in [0, 0.05) is 38.3 Å². The Hall–Kier alpha value is -1.82. The van der Waals surface area contributed by atoms with E-state index in [0.717, 1.165) is 69.2 Å². The van der Waals surface area contributed by atoms with Gasteiger partial charge in [0.15, 0.2) is 0 Å². The Morgan fingerprint density at radius 2 is 2.12 bits per heavy atom. The Labute approximate surface area is 142 Å². The predicted molar refractivity (Wildman–Crippen MR) is 93.1 cm³/mol. The first-order valence-electron chi connectivity index (χ1n) is 9.19. The molecule has 1 unspecified atom stereocenters. The first kappa shape index (κ1) is 15.7. The molecule has 1 aromatic heterocycles. The third-order valence-electron chi connectivity index (χ3n) is 5.28. The monoisotopic (exact) mass is 330 g/mol. The third kappa shape index (κ3) is 3.34. The molecular weight excluding hydrogens is 304 g/mol. The number of hydrogen-bond acceptors (Lipinski definition) is 5. The molecule has 3 aliphatic heterocycles. The first-order chi connectivity index (χ1) is 11.8. The average Bonchev–Trinajstić information content (AvgIpc) is 2.63. The van der Waals surface area contributed by atoms with Gasteiger partial charge in [-0.2, -0.15) is 0 Å². The van der Waals surface area contributed by atoms with Crippen LogP contribution in [0, 0.1) is 0 Å². The van der Waals surface area contributed by atoms with E-state index in [1.807, 2.05) is 6.26 Å². The topological polar surface area (TPSA) is 61.5 Å². The van der Waals surface area contributed by atoms with Crippen LogP contribution in [0.5, 0.6) is 0 Å². The van der Waals surface area contributed by atoms with E-state index in [0.29, 0.717) is 0 Å². The summed E-state index contributed by atoms with van der Waals surface area (Å²) in [7, 11) is 0. The molecule has 0 amide bonds. The van der Waals surface area contributed by atoms with Crippen LogP contribution in [0.1, 0.15) is 43.4 Å². The molecule has 6 nitrogen and oxygen atoms in total. The molecular formula is C18H26N4O2. The second-order valence-corrected chi connectivity index (χ2v) is 7.05. The maximum atomic E-state index is 12.4. The lowest BCUT2D eigenvalue weighted by Crippen LogP contribution is -2.41. The number of allylic oxidation sites excluding steroid dienone is 1. The largest absolute Gasteiger partial charge is 0.497 e. The van der Waals surface area contributed by atoms with Crippen LogP contribution < -0.4 is 10.5 Å². The number of anilines is 1. The third-order valence-corrected chi connectivity index (χ3v) is 5.28. The number of nitrogens with zero attached hydrogens (tertiary/aromatic N) is 3. The van der Waals surface area contributed by atoms with Crippen LogP contribution in [-0.4, -0.2) is 47.2 Å². The summed E-state index contributed by atoms with van der Waals surface area (Å²) in [4.78, 5) is 24.9. The Bertz CT molecular complexity index is 663. The molecule has 0 aromatic carbocycles. The molecule has 130 valence electrons. The van der Waals surface area contributed by atoms with Gasteiger partial charge in [-0.3, -0.25) is 14.7 Å². The van der Waals surface area contributed by atoms with E-state index in [1.54, 1.807) is 0 Å². The smallest absolute Gasteiger partial charge is 0.255 e. The van der Waals surface area contributed by atoms with Gasteiger partial charge in [0.1, 0.15) is 6.10 Å². The van der Waals surface area contributed by atoms with E-state index < -0.39 is 0 Å². The summed E-state index contributed by atoms with van der Waals surface area (Å²) in [5.41, 5.74) is 1.88. The van der Waals surface area contributed by atoms with Crippen molar-refractivity contribution in [1.82, 2.24) is 14.9 Å². The number of nitrogens with one attached hydrogen (secondary N) is 1. The van der Waals surface area contributed by atoms with E-state index in [9.17, 15) is 4.79 Å². The normalized spacial score (nSPS) is 24.5. The van der Waals surface area contributed by atoms with Crippen molar-refractivity contribution in [3.05, 3.63) is 33.9 Å². The minimum absolute atomic E-state index is 0.0528. The molecule has 24 heavy (non-hydrogen) atoms. The van der Waals surface area contributed by atoms with Crippen LogP contribution in [0.15, 0.2) is 17.1 Å². The lowest BCUT2D eigenvalue weighted by atomic mass is 10.0. The molecule has 0 radical (unpaired) electrons. The number of hydrogen-bond donors (Lipinski definition) is 1. The highest BCUT2D eigenvalue weighted by atomic mass is 16.5. The van der Waals surface area contributed by atoms with Crippen molar-refractivity contribution in [2.75, 3.05) is 31.1 Å². The second-order valence-electron chi connectivity index (χ2n) is 7.05. The fraction of sp³-hybridized carbons (Fsp3) is 0.667. The Balaban J connectivity index is 1.49. The van der Waals surface area contributed by atoms with Crippen molar-refractivity contribution < 1.29 is 4.74 Å². The highest BCUT2D eigenvalue weighted by Gasteiger charge is 2.25. The molecule has 1 aromatic rings. The van der Waals surface area contributed by atoms with Crippen molar-refractivity contribution >= 4 is 5.95 Å². The zero-order valence-corrected chi connectivity index (χ0v) is 14.2. The van der Waals surface area contributed by atoms with Crippen molar-refractivity contribution in [1.29, 1.82) is 0 Å². The van der Waals surface area contributed by atoms with Gasteiger partial charge in [0.05, 0.1) is 12.0 Å². The van der Waals surface area contributed by atoms with Crippen LogP contribution >= 0.6 is 0 Å². The molecule has 3 aliphatic rings. The summed E-state index contributed by atoms with van der Waals surface area (Å²) in [6.45, 7) is 4.56. The number of H-pyrrole nitrogens is 1. The Morgan fingerprint density at radius 1 is 1.25 bits per heavy atom. The number of aromatic nitrogens is 2. The summed E-state index contributed by atoms with van der Waals surface area (Å²) < 4.78 is 5.69. The quantitative estimate of drug-likeness (QED) is 0.916. The average molecular weight is 330 g/mol. The molecule has 1 N–H and O–H groups in total. The molecule has 4 heterocycles. The van der Waals surface area contributed by atoms with Gasteiger partial charge in [-0.15, -0.1) is 0 Å². The van der Waals surface area contributed by atoms with Crippen LogP contribution in [-0.2, 0) is 17.7 Å². The van der Waals surface area contributed by atoms with Crippen molar-refractivity contribution in [2.24, 2.45) is 0 Å². The summed E-state index contributed by atoms with van der Waals surface area (Å²) in [6, 6.07) is 0. The van der Waals surface area contributed by atoms with Crippen LogP contribution in [0.4, 0.5) is 5.95 Å². The van der Waals surface area contributed by atoms with Gasteiger partial charge < -0.3 is 9.64 Å². The first-order valence-corrected chi connectivity index (χ1v) is 9.19. The van der Waals surface area contributed by atoms with E-state index in [-0.39, 0.29) is 11.7 Å². The number of fused-ring (bicyclic) bond motifs is 1. The number of rotatable bonds is 3. The van der Waals surface area contributed by atoms with Crippen molar-refractivity contribution in [3.63, 3.8) is 0 Å². The minimum atomic E-state index is 0.0528. The molecule has 0 bridgehead atoms. The molecule has 1 saturated heterocycles. The zero-order valence-electron chi connectivity index (χ0n) is 14.2. The lowest BCUT2D eigenvalue weighted by molar-refractivity contribution is 0.0731. The van der Waals surface area contributed by atoms with Gasteiger partial charge in [0.2, 0.25) is 5.95 Å². The molecule has 6 heteroatoms. The van der Waals surface area contributed by atoms with Gasteiger partial charge in [-0.1, -0.05) is 0 Å². The molecule has 0 aliphatic carbocycles. The standard InChI is InChI=1S/C18H26N4O2/c23-17-15-7-10-21(12-14-6-2-5-11-24-14)13-16(15)19-18(20-17)22-8-3-1-4-9-22/h5,11,14H,1-4,6-10,12-13H2,(H,19,20,23). The van der Waals surface area contributed by atoms with Crippen molar-refractivity contribution in [3.8, 4) is 0 Å². The highest BCUT2D eigenvalue weighted by Crippen LogP contribution is 2.20. The number of aromatic amines is 1. The maximum Gasteiger partial charge on any atom is 0.255 e. The number of ether oxygens (including phenoxy) is 1. The number of piperidine rings is 1. The molecule has 0 saturated carbocycles. The van der Waals surface area contributed by atoms with E-state index in [2.05, 4.69) is 20.9 Å². The predicted octanol–water partition coefficient (Wildman–Crippen LogP) is 1.81. The lowest BCUT2D eigenvalue weighted by Gasteiger charge is -2.32. The summed E-state index contributed by atoms with van der Waals surface area (Å²) in [5.74, 6) is 0.761. The second kappa shape index (κ2) is 6.97. The highest BCUT2D eigenvalue weighted by molar-refractivity contribution is 5.34. The van der Waals surface area contributed by atoms with Crippen molar-refractivity contribution in [2.45, 2.75) is 51.2 Å². The molecule has 1 atom stereocenters. The minimum Gasteiger partial charge on any atom is -0.497 e. The van der Waals surface area contributed by atoms with Crippen LogP contribution in [0.25, 0.3) is 0 Å². The summed E-state index contributed by atoms with van der Waals surface area (Å²) in [6.07, 6.45) is 10.7. The van der Waals surface area contributed by atoms with Gasteiger partial charge in [0.25, 0.3) is 5.56 Å². The van der Waals surface area contributed by atoms with Gasteiger partial charge >= 0.3 is 0 Å². The zero-order chi connectivity index (χ0) is 16.4. The van der Waals surface area contributed by atoms with Crippen LogP contribution in [0.2, 0.25) is 0 Å². The fourth-order valence-corrected chi connectivity index (χ4v) is 3.90. The van der Waals surface area contributed by atoms with Gasteiger partial charge in [-0.25, -0.2) is 4.98 Å². The van der Waals surface area contributed by atoms with Gasteiger partial charge in [-0.05, 0) is 44.6 Å². The van der Waals surface area contributed by atoms with E-state index in [1.165, 1.54) is 19.3 Å². The Morgan fingerprint density at radius 3 is 2.92 bits per heavy atom. The van der Waals surface area contributed by atoms with Crippen LogP contribution in [0.3, 0.4) is 0 Å².